The average molecular weight is 369 g/mol. The van der Waals surface area contributed by atoms with Crippen LogP contribution in [0.3, 0.4) is 0 Å². The minimum atomic E-state index is -0.373. The number of nitrogens with one attached hydrogen (secondary N) is 2. The predicted molar refractivity (Wildman–Crippen MR) is 104 cm³/mol. The van der Waals surface area contributed by atoms with Crippen molar-refractivity contribution in [3.05, 3.63) is 60.4 Å². The normalized spacial score (nSPS) is 18.5. The van der Waals surface area contributed by atoms with Crippen molar-refractivity contribution < 1.29 is 14.0 Å². The maximum atomic E-state index is 13.0. The van der Waals surface area contributed by atoms with Crippen molar-refractivity contribution in [2.75, 3.05) is 23.7 Å². The molecule has 0 saturated carbocycles. The number of benzene rings is 2. The van der Waals surface area contributed by atoms with E-state index in [1.165, 1.54) is 24.3 Å². The number of para-hydroxylation sites is 1. The van der Waals surface area contributed by atoms with Crippen molar-refractivity contribution in [3.63, 3.8) is 0 Å². The maximum Gasteiger partial charge on any atom is 0.241 e. The molecule has 5 nitrogen and oxygen atoms in total. The lowest BCUT2D eigenvalue weighted by Crippen LogP contribution is -2.49. The van der Waals surface area contributed by atoms with Gasteiger partial charge in [-0.3, -0.25) is 14.5 Å². The molecule has 0 aliphatic carbocycles. The molecule has 1 saturated heterocycles. The van der Waals surface area contributed by atoms with Crippen molar-refractivity contribution in [2.45, 2.75) is 25.8 Å². The lowest BCUT2D eigenvalue weighted by Gasteiger charge is -2.35. The van der Waals surface area contributed by atoms with Gasteiger partial charge in [-0.2, -0.15) is 0 Å². The Kier molecular flexibility index (Phi) is 6.19. The van der Waals surface area contributed by atoms with Crippen LogP contribution >= 0.6 is 0 Å². The number of nitrogens with zero attached hydrogens (tertiary/aromatic N) is 1. The van der Waals surface area contributed by atoms with Gasteiger partial charge in [-0.15, -0.1) is 0 Å². The number of rotatable bonds is 5. The van der Waals surface area contributed by atoms with Crippen LogP contribution in [0.4, 0.5) is 15.8 Å². The summed E-state index contributed by atoms with van der Waals surface area (Å²) in [4.78, 5) is 27.1. The third kappa shape index (κ3) is 5.14. The zero-order valence-corrected chi connectivity index (χ0v) is 15.3. The van der Waals surface area contributed by atoms with Gasteiger partial charge >= 0.3 is 0 Å². The van der Waals surface area contributed by atoms with Gasteiger partial charge in [-0.25, -0.2) is 4.39 Å². The van der Waals surface area contributed by atoms with E-state index in [0.717, 1.165) is 25.1 Å². The van der Waals surface area contributed by atoms with E-state index >= 15 is 0 Å². The quantitative estimate of drug-likeness (QED) is 0.848. The zero-order chi connectivity index (χ0) is 19.2. The molecule has 2 aromatic rings. The fourth-order valence-electron chi connectivity index (χ4n) is 3.28. The van der Waals surface area contributed by atoms with E-state index in [0.29, 0.717) is 12.2 Å². The van der Waals surface area contributed by atoms with Crippen molar-refractivity contribution >= 4 is 23.2 Å². The lowest BCUT2D eigenvalue weighted by molar-refractivity contribution is -0.125. The number of hydrogen-bond acceptors (Lipinski definition) is 3. The molecule has 0 aromatic heterocycles. The number of amides is 2. The Labute approximate surface area is 158 Å². The van der Waals surface area contributed by atoms with Gasteiger partial charge in [0.1, 0.15) is 5.82 Å². The number of carbonyl (C=O) groups is 2. The third-order valence-electron chi connectivity index (χ3n) is 4.90. The van der Waals surface area contributed by atoms with Gasteiger partial charge in [0.25, 0.3) is 0 Å². The summed E-state index contributed by atoms with van der Waals surface area (Å²) >= 11 is 0. The first kappa shape index (κ1) is 19.0. The van der Waals surface area contributed by atoms with Crippen LogP contribution in [0.25, 0.3) is 0 Å². The monoisotopic (exact) mass is 369 g/mol. The van der Waals surface area contributed by atoms with Crippen LogP contribution in [0, 0.1) is 11.7 Å². The van der Waals surface area contributed by atoms with Crippen molar-refractivity contribution in [1.29, 1.82) is 0 Å². The molecule has 1 aliphatic rings. The second-order valence-electron chi connectivity index (χ2n) is 6.86. The van der Waals surface area contributed by atoms with Crippen LogP contribution < -0.4 is 10.6 Å². The van der Waals surface area contributed by atoms with Crippen LogP contribution in [0.2, 0.25) is 0 Å². The van der Waals surface area contributed by atoms with Crippen LogP contribution in [0.15, 0.2) is 54.6 Å². The smallest absolute Gasteiger partial charge is 0.241 e. The van der Waals surface area contributed by atoms with Gasteiger partial charge in [0.2, 0.25) is 11.8 Å². The molecule has 1 aliphatic heterocycles. The maximum absolute atomic E-state index is 13.0. The van der Waals surface area contributed by atoms with Crippen molar-refractivity contribution in [1.82, 2.24) is 4.90 Å². The zero-order valence-electron chi connectivity index (χ0n) is 15.3. The first-order chi connectivity index (χ1) is 13.0. The number of hydrogen-bond donors (Lipinski definition) is 2. The highest BCUT2D eigenvalue weighted by molar-refractivity contribution is 5.95. The predicted octanol–water partition coefficient (Wildman–Crippen LogP) is 3.50. The second kappa shape index (κ2) is 8.77. The Hall–Kier alpha value is -2.73. The molecular formula is C21H24FN3O2. The van der Waals surface area contributed by atoms with Gasteiger partial charge in [-0.1, -0.05) is 18.2 Å². The highest BCUT2D eigenvalue weighted by Gasteiger charge is 2.30. The number of anilines is 2. The molecule has 3 rings (SSSR count). The molecule has 142 valence electrons. The molecule has 2 atom stereocenters. The number of carbonyl (C=O) groups excluding carboxylic acids is 2. The van der Waals surface area contributed by atoms with E-state index in [1.807, 2.05) is 42.2 Å². The number of piperidine rings is 1. The van der Waals surface area contributed by atoms with Gasteiger partial charge < -0.3 is 10.6 Å². The first-order valence-corrected chi connectivity index (χ1v) is 9.19. The number of halogens is 1. The molecule has 0 spiro atoms. The van der Waals surface area contributed by atoms with E-state index in [1.54, 1.807) is 0 Å². The van der Waals surface area contributed by atoms with E-state index in [4.69, 9.17) is 0 Å². The molecule has 2 amide bonds. The minimum absolute atomic E-state index is 0.0166. The molecule has 2 aromatic carbocycles. The van der Waals surface area contributed by atoms with E-state index < -0.39 is 0 Å². The molecule has 6 heteroatoms. The molecule has 1 heterocycles. The summed E-state index contributed by atoms with van der Waals surface area (Å²) in [6.07, 6.45) is 1.67. The number of likely N-dealkylation sites (tertiary alicyclic amines) is 1. The van der Waals surface area contributed by atoms with Crippen LogP contribution in [0.1, 0.15) is 19.8 Å². The highest BCUT2D eigenvalue weighted by atomic mass is 19.1. The minimum Gasteiger partial charge on any atom is -0.326 e. The van der Waals surface area contributed by atoms with Gasteiger partial charge in [-0.05, 0) is 62.7 Å². The topological polar surface area (TPSA) is 61.4 Å². The third-order valence-corrected chi connectivity index (χ3v) is 4.90. The summed E-state index contributed by atoms with van der Waals surface area (Å²) in [5.74, 6) is -0.674. The Balaban J connectivity index is 1.57. The van der Waals surface area contributed by atoms with E-state index in [-0.39, 0.29) is 29.6 Å². The van der Waals surface area contributed by atoms with Crippen LogP contribution in [0.5, 0.6) is 0 Å². The average Bonchev–Trinajstić information content (AvgIpc) is 2.70. The standard InChI is InChI=1S/C21H24FN3O2/c1-15(20(26)23-19-11-9-17(22)10-12-19)25-13-5-6-16(14-25)21(27)24-18-7-3-2-4-8-18/h2-4,7-12,15-16H,5-6,13-14H2,1H3,(H,23,26)(H,24,27)/t15-,16-/m1/s1. The van der Waals surface area contributed by atoms with Gasteiger partial charge in [0, 0.05) is 17.9 Å². The van der Waals surface area contributed by atoms with Crippen LogP contribution in [-0.2, 0) is 9.59 Å². The fourth-order valence-corrected chi connectivity index (χ4v) is 3.28. The molecule has 27 heavy (non-hydrogen) atoms. The van der Waals surface area contributed by atoms with E-state index in [9.17, 15) is 14.0 Å². The van der Waals surface area contributed by atoms with Gasteiger partial charge in [0.15, 0.2) is 0 Å². The second-order valence-corrected chi connectivity index (χ2v) is 6.86. The molecular weight excluding hydrogens is 345 g/mol. The van der Waals surface area contributed by atoms with E-state index in [2.05, 4.69) is 10.6 Å². The molecule has 2 N–H and O–H groups in total. The Bertz CT molecular complexity index is 780. The summed E-state index contributed by atoms with van der Waals surface area (Å²) in [5.41, 5.74) is 1.34. The Morgan fingerprint density at radius 3 is 2.41 bits per heavy atom. The molecule has 1 fully saturated rings. The van der Waals surface area contributed by atoms with Crippen LogP contribution in [-0.4, -0.2) is 35.8 Å². The first-order valence-electron chi connectivity index (χ1n) is 9.19. The van der Waals surface area contributed by atoms with Crippen molar-refractivity contribution in [3.8, 4) is 0 Å². The van der Waals surface area contributed by atoms with Gasteiger partial charge in [0.05, 0.1) is 12.0 Å². The summed E-state index contributed by atoms with van der Waals surface area (Å²) in [6.45, 7) is 3.14. The summed E-state index contributed by atoms with van der Waals surface area (Å²) < 4.78 is 13.0. The highest BCUT2D eigenvalue weighted by Crippen LogP contribution is 2.21. The Morgan fingerprint density at radius 2 is 1.70 bits per heavy atom. The molecule has 0 unspecified atom stereocenters. The fraction of sp³-hybridized carbons (Fsp3) is 0.333. The Morgan fingerprint density at radius 1 is 1.04 bits per heavy atom. The molecule has 0 radical (unpaired) electrons. The summed E-state index contributed by atoms with van der Waals surface area (Å²) in [6, 6.07) is 14.7. The SMILES string of the molecule is C[C@H](C(=O)Nc1ccc(F)cc1)N1CCC[C@@H](C(=O)Nc2ccccc2)C1. The lowest BCUT2D eigenvalue weighted by atomic mass is 9.95. The van der Waals surface area contributed by atoms with Crippen molar-refractivity contribution in [2.24, 2.45) is 5.92 Å². The molecule has 0 bridgehead atoms. The summed E-state index contributed by atoms with van der Waals surface area (Å²) in [7, 11) is 0. The summed E-state index contributed by atoms with van der Waals surface area (Å²) in [5, 5.41) is 5.75. The largest absolute Gasteiger partial charge is 0.326 e.